The van der Waals surface area contributed by atoms with Gasteiger partial charge < -0.3 is 0 Å². The first-order valence-corrected chi connectivity index (χ1v) is 11.2. The highest BCUT2D eigenvalue weighted by molar-refractivity contribution is 6.63. The molecule has 1 aliphatic rings. The van der Waals surface area contributed by atoms with Gasteiger partial charge in [0.25, 0.3) is 0 Å². The Morgan fingerprint density at radius 1 is 0.750 bits per heavy atom. The van der Waals surface area contributed by atoms with Crippen LogP contribution in [0.15, 0.2) is 83.5 Å². The van der Waals surface area contributed by atoms with Crippen molar-refractivity contribution in [2.24, 2.45) is 0 Å². The van der Waals surface area contributed by atoms with Crippen molar-refractivity contribution in [3.63, 3.8) is 0 Å². The van der Waals surface area contributed by atoms with Gasteiger partial charge >= 0.3 is 0 Å². The molecule has 2 aromatic carbocycles. The van der Waals surface area contributed by atoms with Crippen LogP contribution in [0.5, 0.6) is 0 Å². The highest BCUT2D eigenvalue weighted by Crippen LogP contribution is 2.49. The van der Waals surface area contributed by atoms with E-state index in [1.165, 1.54) is 34.4 Å². The number of rotatable bonds is 5. The second-order valence-corrected chi connectivity index (χ2v) is 10.8. The van der Waals surface area contributed by atoms with Crippen LogP contribution in [0.3, 0.4) is 0 Å². The number of allylic oxidation sites excluding steroid dienone is 4. The third-order valence-electron chi connectivity index (χ3n) is 5.98. The highest BCUT2D eigenvalue weighted by Gasteiger charge is 2.39. The van der Waals surface area contributed by atoms with Crippen LogP contribution in [0.1, 0.15) is 38.8 Å². The molecule has 1 heteroatoms. The molecule has 0 saturated heterocycles. The minimum atomic E-state index is -1.12. The third-order valence-corrected chi connectivity index (χ3v) is 10.2. The summed E-state index contributed by atoms with van der Waals surface area (Å²) >= 11 is 0. The summed E-state index contributed by atoms with van der Waals surface area (Å²) in [5, 5.41) is 0.278. The fourth-order valence-corrected chi connectivity index (χ4v) is 8.07. The first-order valence-electron chi connectivity index (χ1n) is 8.96. The maximum Gasteiger partial charge on any atom is 0.0614 e. The van der Waals surface area contributed by atoms with Crippen molar-refractivity contribution in [1.82, 2.24) is 0 Å². The molecule has 124 valence electrons. The van der Waals surface area contributed by atoms with Crippen molar-refractivity contribution >= 4 is 8.80 Å². The summed E-state index contributed by atoms with van der Waals surface area (Å²) in [5.41, 5.74) is 7.58. The molecule has 0 aromatic heterocycles. The first-order chi connectivity index (χ1) is 11.5. The van der Waals surface area contributed by atoms with Crippen LogP contribution < -0.4 is 0 Å². The molecule has 0 aliphatic heterocycles. The van der Waals surface area contributed by atoms with Gasteiger partial charge in [-0.2, -0.15) is 0 Å². The summed E-state index contributed by atoms with van der Waals surface area (Å²) in [6, 6.07) is 24.6. The van der Waals surface area contributed by atoms with Crippen LogP contribution in [0.2, 0.25) is 5.04 Å². The number of hydrogen-bond donors (Lipinski definition) is 0. The Bertz CT molecular complexity index is 714. The van der Waals surface area contributed by atoms with Gasteiger partial charge in [0.2, 0.25) is 0 Å². The molecule has 0 saturated carbocycles. The zero-order valence-electron chi connectivity index (χ0n) is 15.3. The van der Waals surface area contributed by atoms with Gasteiger partial charge in [-0.15, -0.1) is 0 Å². The Hall–Kier alpha value is -1.86. The van der Waals surface area contributed by atoms with Gasteiger partial charge in [0, 0.05) is 0 Å². The standard InChI is InChI=1S/C23H28Si/c1-18-15-23(4,20(3)19(18)2)24(16-21-11-7-5-8-12-21)17-22-13-9-6-10-14-22/h5-15,24H,16-17H2,1-4H3. The molecule has 0 amide bonds. The quantitative estimate of drug-likeness (QED) is 0.604. The van der Waals surface area contributed by atoms with Crippen LogP contribution in [0.25, 0.3) is 0 Å². The van der Waals surface area contributed by atoms with Gasteiger partial charge in [0.15, 0.2) is 0 Å². The van der Waals surface area contributed by atoms with Gasteiger partial charge in [-0.1, -0.05) is 95.9 Å². The van der Waals surface area contributed by atoms with E-state index in [4.69, 9.17) is 0 Å². The summed E-state index contributed by atoms with van der Waals surface area (Å²) < 4.78 is 0. The summed E-state index contributed by atoms with van der Waals surface area (Å²) in [6.45, 7) is 9.42. The molecule has 2 aromatic rings. The number of benzene rings is 2. The summed E-state index contributed by atoms with van der Waals surface area (Å²) in [6.07, 6.45) is 2.57. The van der Waals surface area contributed by atoms with E-state index < -0.39 is 8.80 Å². The normalized spacial score (nSPS) is 20.6. The molecule has 3 rings (SSSR count). The van der Waals surface area contributed by atoms with Crippen molar-refractivity contribution < 1.29 is 0 Å². The molecule has 0 bridgehead atoms. The van der Waals surface area contributed by atoms with Crippen LogP contribution >= 0.6 is 0 Å². The first kappa shape index (κ1) is 17.0. The van der Waals surface area contributed by atoms with Gasteiger partial charge in [-0.25, -0.2) is 0 Å². The van der Waals surface area contributed by atoms with Crippen molar-refractivity contribution in [3.8, 4) is 0 Å². The smallest absolute Gasteiger partial charge is 0.0614 e. The van der Waals surface area contributed by atoms with E-state index in [0.717, 1.165) is 0 Å². The van der Waals surface area contributed by atoms with E-state index in [-0.39, 0.29) is 5.04 Å². The molecule has 0 heterocycles. The van der Waals surface area contributed by atoms with Crippen molar-refractivity contribution in [2.75, 3.05) is 0 Å². The Balaban J connectivity index is 1.96. The third kappa shape index (κ3) is 3.32. The molecule has 1 atom stereocenters. The zero-order valence-corrected chi connectivity index (χ0v) is 16.5. The molecule has 1 aliphatic carbocycles. The van der Waals surface area contributed by atoms with Crippen LogP contribution in [-0.2, 0) is 12.1 Å². The van der Waals surface area contributed by atoms with Gasteiger partial charge in [-0.3, -0.25) is 0 Å². The van der Waals surface area contributed by atoms with Crippen LogP contribution in [-0.4, -0.2) is 8.80 Å². The maximum atomic E-state index is 2.57. The van der Waals surface area contributed by atoms with Crippen molar-refractivity contribution in [1.29, 1.82) is 0 Å². The fourth-order valence-electron chi connectivity index (χ4n) is 4.08. The van der Waals surface area contributed by atoms with E-state index in [2.05, 4.69) is 94.4 Å². The maximum absolute atomic E-state index is 2.57. The van der Waals surface area contributed by atoms with Gasteiger partial charge in [0.1, 0.15) is 0 Å². The summed E-state index contributed by atoms with van der Waals surface area (Å²) in [4.78, 5) is 0. The van der Waals surface area contributed by atoms with E-state index in [9.17, 15) is 0 Å². The highest BCUT2D eigenvalue weighted by atomic mass is 28.3. The zero-order chi connectivity index (χ0) is 17.2. The lowest BCUT2D eigenvalue weighted by atomic mass is 10.0. The Morgan fingerprint density at radius 2 is 1.21 bits per heavy atom. The monoisotopic (exact) mass is 332 g/mol. The SMILES string of the molecule is CC1=CC(C)([SiH](Cc2ccccc2)Cc2ccccc2)C(C)=C1C. The van der Waals surface area contributed by atoms with E-state index >= 15 is 0 Å². The van der Waals surface area contributed by atoms with E-state index in [1.54, 1.807) is 5.57 Å². The second-order valence-electron chi connectivity index (χ2n) is 7.44. The molecule has 24 heavy (non-hydrogen) atoms. The largest absolute Gasteiger partial charge is 0.0744 e. The Morgan fingerprint density at radius 3 is 1.58 bits per heavy atom. The fraction of sp³-hybridized carbons (Fsp3) is 0.304. The van der Waals surface area contributed by atoms with Crippen LogP contribution in [0, 0.1) is 0 Å². The molecular formula is C23H28Si. The molecule has 1 unspecified atom stereocenters. The summed E-state index contributed by atoms with van der Waals surface area (Å²) in [7, 11) is -1.12. The minimum absolute atomic E-state index is 0.278. The van der Waals surface area contributed by atoms with Crippen LogP contribution in [0.4, 0.5) is 0 Å². The Labute approximate surface area is 148 Å². The van der Waals surface area contributed by atoms with Gasteiger partial charge in [-0.05, 0) is 43.5 Å². The lowest BCUT2D eigenvalue weighted by Crippen LogP contribution is -2.34. The van der Waals surface area contributed by atoms with Gasteiger partial charge in [0.05, 0.1) is 8.80 Å². The summed E-state index contributed by atoms with van der Waals surface area (Å²) in [5.74, 6) is 0. The number of hydrogen-bond acceptors (Lipinski definition) is 0. The molecule has 0 N–H and O–H groups in total. The predicted octanol–water partition coefficient (Wildman–Crippen LogP) is 5.83. The molecule has 0 radical (unpaired) electrons. The lowest BCUT2D eigenvalue weighted by molar-refractivity contribution is 0.847. The second kappa shape index (κ2) is 6.94. The predicted molar refractivity (Wildman–Crippen MR) is 108 cm³/mol. The average molecular weight is 333 g/mol. The Kier molecular flexibility index (Phi) is 4.91. The molecule has 0 fully saturated rings. The lowest BCUT2D eigenvalue weighted by Gasteiger charge is -2.34. The van der Waals surface area contributed by atoms with E-state index in [0.29, 0.717) is 0 Å². The molecular weight excluding hydrogens is 304 g/mol. The van der Waals surface area contributed by atoms with Crippen molar-refractivity contribution in [2.45, 2.75) is 44.8 Å². The topological polar surface area (TPSA) is 0 Å². The molecule has 0 spiro atoms. The molecule has 0 nitrogen and oxygen atoms in total. The minimum Gasteiger partial charge on any atom is -0.0744 e. The average Bonchev–Trinajstić information content (AvgIpc) is 2.80. The van der Waals surface area contributed by atoms with E-state index in [1.807, 2.05) is 0 Å². The van der Waals surface area contributed by atoms with Crippen molar-refractivity contribution in [3.05, 3.63) is 94.6 Å².